The fourth-order valence-electron chi connectivity index (χ4n) is 16.6. The summed E-state index contributed by atoms with van der Waals surface area (Å²) in [6.45, 7) is 34.3. The van der Waals surface area contributed by atoms with Gasteiger partial charge >= 0.3 is 5.97 Å². The van der Waals surface area contributed by atoms with Gasteiger partial charge in [0.05, 0.1) is 24.0 Å². The Morgan fingerprint density at radius 1 is 0.421 bits per heavy atom. The van der Waals surface area contributed by atoms with E-state index in [0.29, 0.717) is 42.3 Å². The number of nitrogens with zero attached hydrogens (tertiary/aromatic N) is 21. The van der Waals surface area contributed by atoms with Crippen LogP contribution in [0.2, 0.25) is 0 Å². The molecule has 18 rings (SSSR count). The van der Waals surface area contributed by atoms with E-state index in [-0.39, 0.29) is 74.5 Å². The predicted molar refractivity (Wildman–Crippen MR) is 403 cm³/mol. The zero-order valence-corrected chi connectivity index (χ0v) is 59.9. The molecule has 4 spiro atoms. The molecule has 544 valence electrons. The molecule has 7 unspecified atom stereocenters. The Bertz CT molecular complexity index is 4410. The van der Waals surface area contributed by atoms with Crippen LogP contribution in [0.3, 0.4) is 0 Å². The lowest BCUT2D eigenvalue weighted by Crippen LogP contribution is -2.48. The van der Waals surface area contributed by atoms with Gasteiger partial charge in [0.2, 0.25) is 42.4 Å². The molecule has 2 amide bonds. The van der Waals surface area contributed by atoms with Crippen LogP contribution in [0.25, 0.3) is 19.4 Å². The number of aromatic nitrogens is 8. The van der Waals surface area contributed by atoms with Crippen LogP contribution in [0.15, 0.2) is 156 Å². The summed E-state index contributed by atoms with van der Waals surface area (Å²) in [4.78, 5) is 105. The molecule has 3 aromatic carbocycles. The summed E-state index contributed by atoms with van der Waals surface area (Å²) in [6.07, 6.45) is 25.1. The zero-order valence-electron chi connectivity index (χ0n) is 59.2. The summed E-state index contributed by atoms with van der Waals surface area (Å²) in [6, 6.07) is 37.9. The number of halogens is 1. The number of aliphatic carboxylic acids is 1. The molecule has 28 heteroatoms. The highest BCUT2D eigenvalue weighted by atomic mass is 35.5. The van der Waals surface area contributed by atoms with Crippen LogP contribution in [-0.2, 0) is 19.2 Å². The molecule has 4 saturated heterocycles. The largest absolute Gasteiger partial charge is 0.481 e. The molecule has 4 saturated carbocycles. The number of nitrogens with one attached hydrogen (secondary N) is 1. The lowest BCUT2D eigenvalue weighted by molar-refractivity contribution is -0.145. The maximum Gasteiger partial charge on any atom is 0.307 e. The van der Waals surface area contributed by atoms with Crippen LogP contribution in [0.5, 0.6) is 0 Å². The van der Waals surface area contributed by atoms with Crippen molar-refractivity contribution < 1.29 is 24.3 Å². The first-order chi connectivity index (χ1) is 52.2. The summed E-state index contributed by atoms with van der Waals surface area (Å²) < 4.78 is 0. The van der Waals surface area contributed by atoms with Gasteiger partial charge in [-0.25, -0.2) is 10.0 Å². The average molecular weight is 1450 g/mol. The highest BCUT2D eigenvalue weighted by Gasteiger charge is 2.60. The molecule has 7 aliphatic heterocycles. The third-order valence-electron chi connectivity index (χ3n) is 23.1. The van der Waals surface area contributed by atoms with Gasteiger partial charge in [-0.15, -0.1) is 19.9 Å². The number of hydrogen-bond acceptors (Lipinski definition) is 20. The van der Waals surface area contributed by atoms with Crippen LogP contribution in [0, 0.1) is 71.6 Å². The molecule has 2 N–H and O–H groups in total. The summed E-state index contributed by atoms with van der Waals surface area (Å²) >= 11 is 5.70. The molecule has 8 fully saturated rings. The molecule has 4 aromatic heterocycles. The molecule has 11 aliphatic rings. The first-order valence-corrected chi connectivity index (χ1v) is 36.9. The minimum atomic E-state index is -0.679. The third kappa shape index (κ3) is 16.1. The quantitative estimate of drug-likeness (QED) is 0.0899. The maximum absolute atomic E-state index is 13.5. The van der Waals surface area contributed by atoms with Gasteiger partial charge in [0.1, 0.15) is 23.3 Å². The van der Waals surface area contributed by atoms with E-state index in [4.69, 9.17) is 37.9 Å². The lowest BCUT2D eigenvalue weighted by Gasteiger charge is -2.40. The Labute approximate surface area is 626 Å². The van der Waals surface area contributed by atoms with Crippen molar-refractivity contribution in [2.75, 3.05) is 72.0 Å². The fraction of sp³-hybridized carbons (Fsp3) is 0.430. The lowest BCUT2D eigenvalue weighted by atomic mass is 9.81. The number of hydrogen-bond donors (Lipinski definition) is 2. The summed E-state index contributed by atoms with van der Waals surface area (Å²) in [5.74, 6) is 3.80. The molecule has 7 atom stereocenters. The molecule has 107 heavy (non-hydrogen) atoms. The summed E-state index contributed by atoms with van der Waals surface area (Å²) in [5.41, 5.74) is 6.58. The van der Waals surface area contributed by atoms with Crippen LogP contribution in [0.4, 0.5) is 46.5 Å². The number of piperidine rings is 4. The number of hydrazone groups is 3. The van der Waals surface area contributed by atoms with Crippen molar-refractivity contribution in [3.05, 3.63) is 203 Å². The molecule has 11 heterocycles. The van der Waals surface area contributed by atoms with Gasteiger partial charge in [0, 0.05) is 138 Å². The Balaban J connectivity index is 0.000000116. The molecular formula is C79H81ClN22O5. The topological polar surface area (TPSA) is 278 Å². The van der Waals surface area contributed by atoms with Crippen molar-refractivity contribution >= 4 is 99.8 Å². The highest BCUT2D eigenvalue weighted by molar-refractivity contribution is 6.64. The van der Waals surface area contributed by atoms with E-state index in [1.54, 1.807) is 34.3 Å². The monoisotopic (exact) mass is 1450 g/mol. The van der Waals surface area contributed by atoms with Crippen molar-refractivity contribution in [1.29, 1.82) is 0 Å². The number of carboxylic acid groups (broad SMARTS) is 1. The Kier molecular flexibility index (Phi) is 21.3. The smallest absolute Gasteiger partial charge is 0.307 e. The standard InChI is InChI=1S/2C22H22N6O.C13H13ClN4O.C13H14N4O2.C9H10N2/c2*1-23-19-13-20(25-15-24-19)27-12-8-17(22(14-27)9-10-22)21(29)28-18(7-11-26-28)16-5-3-2-4-6-16;1-15-10-6-11(17-8-16-10)18-5-2-9(12(14)19)13(7-18)3-4-13;1-14-10-6-11(16-8-15-10)17-5-2-9(12(18)19)13(7-17)3-4-13;1-2-4-8(5-3-1)9-6-7-10-11-9/h2*2-6,11,13,15,17-18H,7-10,12,14H2;6,8-9H,2-5,7H2;6,8-9H,2-5,7H2,(H,18,19);1-5,7,9,11H,6H2. The molecule has 0 bridgehead atoms. The van der Waals surface area contributed by atoms with Gasteiger partial charge in [0.25, 0.3) is 23.3 Å². The van der Waals surface area contributed by atoms with Gasteiger partial charge in [-0.3, -0.25) is 19.2 Å². The fourth-order valence-corrected chi connectivity index (χ4v) is 17.0. The average Bonchev–Trinajstić information content (AvgIpc) is 1.62. The maximum atomic E-state index is 13.5. The number of benzene rings is 3. The van der Waals surface area contributed by atoms with Gasteiger partial charge in [0.15, 0.2) is 0 Å². The van der Waals surface area contributed by atoms with Crippen LogP contribution in [0.1, 0.15) is 131 Å². The molecule has 7 aromatic rings. The van der Waals surface area contributed by atoms with Crippen LogP contribution >= 0.6 is 11.6 Å². The third-order valence-corrected chi connectivity index (χ3v) is 23.4. The van der Waals surface area contributed by atoms with Crippen molar-refractivity contribution in [3.8, 4) is 0 Å². The van der Waals surface area contributed by atoms with E-state index >= 15 is 0 Å². The van der Waals surface area contributed by atoms with E-state index in [2.05, 4.69) is 148 Å². The van der Waals surface area contributed by atoms with E-state index in [1.807, 2.05) is 61.1 Å². The van der Waals surface area contributed by atoms with Crippen LogP contribution in [-0.4, -0.2) is 149 Å². The van der Waals surface area contributed by atoms with E-state index < -0.39 is 5.97 Å². The summed E-state index contributed by atoms with van der Waals surface area (Å²) in [7, 11) is 0. The summed E-state index contributed by atoms with van der Waals surface area (Å²) in [5, 5.41) is 25.4. The molecule has 0 radical (unpaired) electrons. The van der Waals surface area contributed by atoms with Crippen molar-refractivity contribution in [2.24, 2.45) is 60.6 Å². The van der Waals surface area contributed by atoms with Crippen LogP contribution < -0.4 is 25.0 Å². The normalized spacial score (nSPS) is 24.0. The minimum Gasteiger partial charge on any atom is -0.481 e. The number of carboxylic acids is 1. The Morgan fingerprint density at radius 2 is 0.738 bits per heavy atom. The Morgan fingerprint density at radius 3 is 1.05 bits per heavy atom. The minimum absolute atomic E-state index is 0.000572. The zero-order chi connectivity index (χ0) is 74.1. The van der Waals surface area contributed by atoms with Gasteiger partial charge in [-0.1, -0.05) is 117 Å². The first-order valence-electron chi connectivity index (χ1n) is 36.5. The van der Waals surface area contributed by atoms with Gasteiger partial charge in [-0.05, 0) is 122 Å². The van der Waals surface area contributed by atoms with Crippen molar-refractivity contribution in [3.63, 3.8) is 0 Å². The van der Waals surface area contributed by atoms with Gasteiger partial charge in [-0.2, -0.15) is 35.2 Å². The van der Waals surface area contributed by atoms with Crippen molar-refractivity contribution in [1.82, 2.24) is 55.3 Å². The second kappa shape index (κ2) is 31.6. The van der Waals surface area contributed by atoms with E-state index in [9.17, 15) is 24.3 Å². The second-order valence-electron chi connectivity index (χ2n) is 29.5. The van der Waals surface area contributed by atoms with Crippen molar-refractivity contribution in [2.45, 2.75) is 114 Å². The molecule has 4 aliphatic carbocycles. The molecular weight excluding hydrogens is 1370 g/mol. The van der Waals surface area contributed by atoms with E-state index in [0.717, 1.165) is 170 Å². The second-order valence-corrected chi connectivity index (χ2v) is 29.8. The van der Waals surface area contributed by atoms with E-state index in [1.165, 1.54) is 30.9 Å². The number of rotatable bonds is 11. The SMILES string of the molecule is C1=NNC(c2ccccc2)C1.[C-]#[N+]c1cc(N2CCC(C(=O)Cl)C3(CC3)C2)ncn1.[C-]#[N+]c1cc(N2CCC(C(=O)N3N=CCC3c3ccccc3)C3(CC3)C2)ncn1.[C-]#[N+]c1cc(N2CCC(C(=O)N3N=CCC3c3ccccc3)C3(CC3)C2)ncn1.[C-]#[N+]c1cc(N2CCC(C(=O)O)C3(CC3)C2)ncn1. The molecule has 27 nitrogen and oxygen atoms in total. The number of carbonyl (C=O) groups excluding carboxylic acids is 3. The number of amides is 2. The first kappa shape index (κ1) is 72.3. The Hall–Kier alpha value is -11.7. The highest BCUT2D eigenvalue weighted by Crippen LogP contribution is 2.60. The predicted octanol–water partition coefficient (Wildman–Crippen LogP) is 13.0. The number of carbonyl (C=O) groups is 4. The number of anilines is 4. The van der Waals surface area contributed by atoms with Gasteiger partial charge < -0.3 is 49.5 Å².